The molecule has 0 saturated carbocycles. The average Bonchev–Trinajstić information content (AvgIpc) is 2.34. The molecule has 1 aromatic carbocycles. The van der Waals surface area contributed by atoms with E-state index < -0.39 is 5.97 Å². The number of carbonyl (C=O) groups is 2. The normalized spacial score (nSPS) is 8.89. The highest BCUT2D eigenvalue weighted by Gasteiger charge is 2.05. The van der Waals surface area contributed by atoms with Crippen LogP contribution < -0.4 is 10.6 Å². The second-order valence-electron chi connectivity index (χ2n) is 3.42. The molecule has 0 fully saturated rings. The summed E-state index contributed by atoms with van der Waals surface area (Å²) in [6, 6.07) is 4.84. The summed E-state index contributed by atoms with van der Waals surface area (Å²) < 4.78 is 0. The molecule has 0 saturated heterocycles. The summed E-state index contributed by atoms with van der Waals surface area (Å²) in [5.41, 5.74) is 2.23. The molecule has 1 aromatic rings. The number of amides is 2. The van der Waals surface area contributed by atoms with Gasteiger partial charge in [-0.2, -0.15) is 0 Å². The lowest BCUT2D eigenvalue weighted by molar-refractivity contribution is -0.136. The molecule has 0 unspecified atom stereocenters. The van der Waals surface area contributed by atoms with E-state index in [4.69, 9.17) is 5.11 Å². The predicted octanol–water partition coefficient (Wildman–Crippen LogP) is 2.40. The molecule has 0 aliphatic carbocycles. The molecule has 5 heteroatoms. The molecular formula is C13H20N2O3. The summed E-state index contributed by atoms with van der Waals surface area (Å²) in [6.45, 7) is 5.82. The van der Waals surface area contributed by atoms with Gasteiger partial charge in [0, 0.05) is 12.7 Å². The minimum absolute atomic E-state index is 0.0128. The van der Waals surface area contributed by atoms with Crippen molar-refractivity contribution in [3.63, 3.8) is 0 Å². The highest BCUT2D eigenvalue weighted by molar-refractivity contribution is 5.89. The lowest BCUT2D eigenvalue weighted by atomic mass is 10.1. The molecule has 1 rings (SSSR count). The first kappa shape index (κ1) is 16.0. The molecule has 5 nitrogen and oxygen atoms in total. The van der Waals surface area contributed by atoms with Gasteiger partial charge in [-0.15, -0.1) is 0 Å². The van der Waals surface area contributed by atoms with Crippen LogP contribution in [0.5, 0.6) is 0 Å². The van der Waals surface area contributed by atoms with Gasteiger partial charge < -0.3 is 15.7 Å². The number of carboxylic acids is 1. The minimum atomic E-state index is -0.869. The van der Waals surface area contributed by atoms with Gasteiger partial charge in [-0.05, 0) is 24.1 Å². The van der Waals surface area contributed by atoms with Crippen LogP contribution in [0.15, 0.2) is 18.2 Å². The largest absolute Gasteiger partial charge is 0.481 e. The van der Waals surface area contributed by atoms with Crippen molar-refractivity contribution in [1.82, 2.24) is 5.32 Å². The SMILES string of the molecule is CC.CNC(=O)Nc1ccc(CC(=O)O)cc1C. The Hall–Kier alpha value is -2.04. The molecule has 100 valence electrons. The fourth-order valence-electron chi connectivity index (χ4n) is 1.34. The van der Waals surface area contributed by atoms with Crippen molar-refractivity contribution >= 4 is 17.7 Å². The van der Waals surface area contributed by atoms with Crippen molar-refractivity contribution in [2.24, 2.45) is 0 Å². The summed E-state index contributed by atoms with van der Waals surface area (Å²) in [5, 5.41) is 13.7. The van der Waals surface area contributed by atoms with Crippen LogP contribution in [0.4, 0.5) is 10.5 Å². The number of aliphatic carboxylic acids is 1. The number of carbonyl (C=O) groups excluding carboxylic acids is 1. The maximum atomic E-state index is 11.1. The van der Waals surface area contributed by atoms with Gasteiger partial charge in [-0.3, -0.25) is 4.79 Å². The molecule has 18 heavy (non-hydrogen) atoms. The number of hydrogen-bond acceptors (Lipinski definition) is 2. The molecule has 0 spiro atoms. The fraction of sp³-hybridized carbons (Fsp3) is 0.385. The molecule has 0 aliphatic rings. The van der Waals surface area contributed by atoms with Crippen molar-refractivity contribution in [2.45, 2.75) is 27.2 Å². The van der Waals surface area contributed by atoms with Gasteiger partial charge in [-0.1, -0.05) is 26.0 Å². The van der Waals surface area contributed by atoms with Crippen LogP contribution in [0.2, 0.25) is 0 Å². The lowest BCUT2D eigenvalue weighted by Crippen LogP contribution is -2.24. The fourth-order valence-corrected chi connectivity index (χ4v) is 1.34. The Balaban J connectivity index is 0.00000137. The first-order valence-electron chi connectivity index (χ1n) is 5.83. The number of aryl methyl sites for hydroxylation is 1. The van der Waals surface area contributed by atoms with Crippen LogP contribution in [0.25, 0.3) is 0 Å². The molecule has 0 bridgehead atoms. The van der Waals surface area contributed by atoms with E-state index in [9.17, 15) is 9.59 Å². The zero-order valence-electron chi connectivity index (χ0n) is 11.2. The number of rotatable bonds is 3. The van der Waals surface area contributed by atoms with E-state index in [0.717, 1.165) is 5.56 Å². The van der Waals surface area contributed by atoms with Crippen molar-refractivity contribution in [3.05, 3.63) is 29.3 Å². The van der Waals surface area contributed by atoms with E-state index >= 15 is 0 Å². The van der Waals surface area contributed by atoms with Crippen LogP contribution in [0.3, 0.4) is 0 Å². The molecule has 0 aliphatic heterocycles. The van der Waals surface area contributed by atoms with E-state index in [2.05, 4.69) is 10.6 Å². The maximum Gasteiger partial charge on any atom is 0.318 e. The Labute approximate surface area is 107 Å². The highest BCUT2D eigenvalue weighted by atomic mass is 16.4. The zero-order chi connectivity index (χ0) is 14.1. The number of nitrogens with one attached hydrogen (secondary N) is 2. The molecular weight excluding hydrogens is 232 g/mol. The second kappa shape index (κ2) is 8.11. The van der Waals surface area contributed by atoms with Crippen molar-refractivity contribution in [1.29, 1.82) is 0 Å². The Morgan fingerprint density at radius 2 is 1.89 bits per heavy atom. The summed E-state index contributed by atoms with van der Waals surface area (Å²) >= 11 is 0. The van der Waals surface area contributed by atoms with Crippen LogP contribution in [0.1, 0.15) is 25.0 Å². The lowest BCUT2D eigenvalue weighted by Gasteiger charge is -2.08. The molecule has 0 heterocycles. The Bertz CT molecular complexity index is 417. The summed E-state index contributed by atoms with van der Waals surface area (Å²) in [4.78, 5) is 21.6. The van der Waals surface area contributed by atoms with Gasteiger partial charge in [0.05, 0.1) is 6.42 Å². The van der Waals surface area contributed by atoms with Gasteiger partial charge in [0.25, 0.3) is 0 Å². The van der Waals surface area contributed by atoms with Gasteiger partial charge in [-0.25, -0.2) is 4.79 Å². The third-order valence-electron chi connectivity index (χ3n) is 2.12. The Kier molecular flexibility index (Phi) is 7.19. The van der Waals surface area contributed by atoms with Crippen molar-refractivity contribution in [3.8, 4) is 0 Å². The summed E-state index contributed by atoms with van der Waals surface area (Å²) in [6.07, 6.45) is -0.0128. The number of carboxylic acid groups (broad SMARTS) is 1. The van der Waals surface area contributed by atoms with Gasteiger partial charge in [0.15, 0.2) is 0 Å². The molecule has 0 radical (unpaired) electrons. The van der Waals surface area contributed by atoms with E-state index in [1.54, 1.807) is 18.2 Å². The second-order valence-corrected chi connectivity index (χ2v) is 3.42. The highest BCUT2D eigenvalue weighted by Crippen LogP contribution is 2.16. The third kappa shape index (κ3) is 5.34. The standard InChI is InChI=1S/C11H14N2O3.C2H6/c1-7-5-8(6-10(14)15)3-4-9(7)13-11(16)12-2;1-2/h3-5H,6H2,1-2H3,(H,14,15)(H2,12,13,16);1-2H3. The molecule has 0 aromatic heterocycles. The summed E-state index contributed by atoms with van der Waals surface area (Å²) in [5.74, 6) is -0.869. The number of urea groups is 1. The Morgan fingerprint density at radius 1 is 1.28 bits per heavy atom. The van der Waals surface area contributed by atoms with E-state index in [-0.39, 0.29) is 12.5 Å². The quantitative estimate of drug-likeness (QED) is 0.773. The van der Waals surface area contributed by atoms with E-state index in [1.165, 1.54) is 7.05 Å². The first-order valence-corrected chi connectivity index (χ1v) is 5.83. The van der Waals surface area contributed by atoms with Crippen LogP contribution in [-0.4, -0.2) is 24.2 Å². The number of hydrogen-bond donors (Lipinski definition) is 3. The number of anilines is 1. The Morgan fingerprint density at radius 3 is 2.33 bits per heavy atom. The first-order chi connectivity index (χ1) is 8.52. The van der Waals surface area contributed by atoms with Crippen molar-refractivity contribution < 1.29 is 14.7 Å². The predicted molar refractivity (Wildman–Crippen MR) is 71.9 cm³/mol. The van der Waals surface area contributed by atoms with E-state index in [0.29, 0.717) is 11.3 Å². The monoisotopic (exact) mass is 252 g/mol. The minimum Gasteiger partial charge on any atom is -0.481 e. The molecule has 0 atom stereocenters. The van der Waals surface area contributed by atoms with Gasteiger partial charge >= 0.3 is 12.0 Å². The molecule has 3 N–H and O–H groups in total. The van der Waals surface area contributed by atoms with Crippen LogP contribution in [-0.2, 0) is 11.2 Å². The van der Waals surface area contributed by atoms with Crippen LogP contribution >= 0.6 is 0 Å². The number of benzene rings is 1. The average molecular weight is 252 g/mol. The maximum absolute atomic E-state index is 11.1. The van der Waals surface area contributed by atoms with E-state index in [1.807, 2.05) is 20.8 Å². The smallest absolute Gasteiger partial charge is 0.318 e. The summed E-state index contributed by atoms with van der Waals surface area (Å²) in [7, 11) is 1.53. The molecule has 2 amide bonds. The van der Waals surface area contributed by atoms with Gasteiger partial charge in [0.2, 0.25) is 0 Å². The van der Waals surface area contributed by atoms with Crippen molar-refractivity contribution in [2.75, 3.05) is 12.4 Å². The topological polar surface area (TPSA) is 78.4 Å². The van der Waals surface area contributed by atoms with Gasteiger partial charge in [0.1, 0.15) is 0 Å². The third-order valence-corrected chi connectivity index (χ3v) is 2.12. The zero-order valence-corrected chi connectivity index (χ0v) is 11.2. The van der Waals surface area contributed by atoms with Crippen LogP contribution in [0, 0.1) is 6.92 Å².